The number of nitrogens with two attached hydrogens (primary N) is 1. The molecule has 2 aromatic heterocycles. The van der Waals surface area contributed by atoms with Gasteiger partial charge in [-0.05, 0) is 32.9 Å². The number of alkyl halides is 2. The first-order chi connectivity index (χ1) is 18.3. The number of halogens is 2. The number of fused-ring (bicyclic) bond motifs is 1. The molecule has 0 radical (unpaired) electrons. The number of aliphatic hydroxyl groups is 1. The minimum atomic E-state index is -4.35. The molecule has 0 saturated carbocycles. The molecule has 1 unspecified atom stereocenters. The lowest BCUT2D eigenvalue weighted by Crippen LogP contribution is -2.40. The van der Waals surface area contributed by atoms with E-state index < -0.39 is 61.6 Å². The van der Waals surface area contributed by atoms with Crippen molar-refractivity contribution in [3.63, 3.8) is 0 Å². The van der Waals surface area contributed by atoms with Gasteiger partial charge < -0.3 is 24.8 Å². The Morgan fingerprint density at radius 1 is 1.38 bits per heavy atom. The molecule has 3 heterocycles. The smallest absolute Gasteiger partial charge is 0.459 e. The molecule has 0 bridgehead atoms. The highest BCUT2D eigenvalue weighted by Crippen LogP contribution is 2.49. The average molecular weight is 589 g/mol. The predicted molar refractivity (Wildman–Crippen MR) is 137 cm³/mol. The van der Waals surface area contributed by atoms with Gasteiger partial charge in [-0.3, -0.25) is 23.7 Å². The minimum Gasteiger partial charge on any atom is -0.462 e. The number of nitrogen functional groups attached to an aromatic ring is 1. The van der Waals surface area contributed by atoms with Gasteiger partial charge in [0.05, 0.1) is 19.0 Å². The van der Waals surface area contributed by atoms with Crippen molar-refractivity contribution < 1.29 is 37.4 Å². The zero-order valence-electron chi connectivity index (χ0n) is 21.0. The predicted octanol–water partition coefficient (Wildman–Crippen LogP) is 2.00. The van der Waals surface area contributed by atoms with E-state index in [9.17, 15) is 19.3 Å². The molecule has 1 aliphatic heterocycles. The largest absolute Gasteiger partial charge is 0.462 e. The second kappa shape index (κ2) is 11.2. The van der Waals surface area contributed by atoms with Crippen LogP contribution in [0.5, 0.6) is 5.75 Å². The fraction of sp³-hybridized carbons (Fsp3) is 0.455. The third-order valence-electron chi connectivity index (χ3n) is 5.52. The number of H-pyrrole nitrogens is 1. The first-order valence-corrected chi connectivity index (χ1v) is 13.6. The van der Waals surface area contributed by atoms with Crippen molar-refractivity contribution in [2.75, 3.05) is 12.3 Å². The highest BCUT2D eigenvalue weighted by atomic mass is 35.5. The molecule has 1 fully saturated rings. The zero-order chi connectivity index (χ0) is 28.5. The standard InChI is InChI=1S/C22H27ClFN6O8P/c1-11(2)36-19(33)12(3)29-39(34,38-13-7-5-4-6-8-13)35-9-14-16(31)22(23,24)20(37-14)30-10-26-15-17(30)27-21(25)28-18(15)32/h4-8,10-12,14,16,20,31H,9H2,1-3H3,(H,29,34)(H3,25,27,28,32)/t12-,14-,16-,20-,22+,39?/m1/s1. The Morgan fingerprint density at radius 3 is 2.74 bits per heavy atom. The summed E-state index contributed by atoms with van der Waals surface area (Å²) in [4.78, 5) is 34.5. The van der Waals surface area contributed by atoms with Crippen molar-refractivity contribution in [2.24, 2.45) is 0 Å². The summed E-state index contributed by atoms with van der Waals surface area (Å²) in [6.45, 7) is 3.99. The van der Waals surface area contributed by atoms with Crippen molar-refractivity contribution in [3.8, 4) is 5.75 Å². The van der Waals surface area contributed by atoms with Crippen LogP contribution in [-0.2, 0) is 23.4 Å². The number of ether oxygens (including phenoxy) is 2. The third kappa shape index (κ3) is 6.24. The third-order valence-corrected chi connectivity index (χ3v) is 7.57. The lowest BCUT2D eigenvalue weighted by atomic mass is 10.1. The minimum absolute atomic E-state index is 0.138. The summed E-state index contributed by atoms with van der Waals surface area (Å²) < 4.78 is 52.0. The quantitative estimate of drug-likeness (QED) is 0.153. The van der Waals surface area contributed by atoms with E-state index in [1.807, 2.05) is 0 Å². The Morgan fingerprint density at radius 2 is 2.08 bits per heavy atom. The summed E-state index contributed by atoms with van der Waals surface area (Å²) in [6.07, 6.45) is -4.60. The van der Waals surface area contributed by atoms with Crippen LogP contribution in [0.25, 0.3) is 11.2 Å². The molecule has 39 heavy (non-hydrogen) atoms. The lowest BCUT2D eigenvalue weighted by Gasteiger charge is -2.25. The van der Waals surface area contributed by atoms with Crippen LogP contribution in [0.2, 0.25) is 0 Å². The number of benzene rings is 1. The van der Waals surface area contributed by atoms with Crippen LogP contribution in [0.3, 0.4) is 0 Å². The first-order valence-electron chi connectivity index (χ1n) is 11.7. The molecule has 1 aliphatic rings. The molecule has 0 aliphatic carbocycles. The Kier molecular flexibility index (Phi) is 8.30. The number of para-hydroxylation sites is 1. The van der Waals surface area contributed by atoms with Gasteiger partial charge in [0.1, 0.15) is 24.0 Å². The average Bonchev–Trinajstić information content (AvgIpc) is 3.36. The second-order valence-electron chi connectivity index (χ2n) is 8.96. The van der Waals surface area contributed by atoms with Crippen molar-refractivity contribution in [3.05, 3.63) is 47.0 Å². The van der Waals surface area contributed by atoms with Crippen molar-refractivity contribution in [1.29, 1.82) is 0 Å². The fourth-order valence-corrected chi connectivity index (χ4v) is 5.53. The van der Waals surface area contributed by atoms with Gasteiger partial charge in [0, 0.05) is 0 Å². The number of rotatable bonds is 10. The Balaban J connectivity index is 1.56. The number of imidazole rings is 1. The molecular weight excluding hydrogens is 562 g/mol. The van der Waals surface area contributed by atoms with Gasteiger partial charge in [0.2, 0.25) is 5.95 Å². The van der Waals surface area contributed by atoms with Gasteiger partial charge in [0.15, 0.2) is 17.4 Å². The Bertz CT molecular complexity index is 1440. The van der Waals surface area contributed by atoms with Crippen LogP contribution in [0, 0.1) is 0 Å². The second-order valence-corrected chi connectivity index (χ2v) is 11.2. The lowest BCUT2D eigenvalue weighted by molar-refractivity contribution is -0.149. The molecule has 0 amide bonds. The maximum Gasteiger partial charge on any atom is 0.459 e. The molecule has 4 rings (SSSR count). The van der Waals surface area contributed by atoms with E-state index >= 15 is 4.39 Å². The highest BCUT2D eigenvalue weighted by Gasteiger charge is 2.58. The van der Waals surface area contributed by atoms with Crippen LogP contribution in [-0.4, -0.2) is 66.7 Å². The van der Waals surface area contributed by atoms with Gasteiger partial charge in [0.25, 0.3) is 10.7 Å². The van der Waals surface area contributed by atoms with E-state index in [-0.39, 0.29) is 22.9 Å². The van der Waals surface area contributed by atoms with Gasteiger partial charge in [-0.25, -0.2) is 13.9 Å². The maximum atomic E-state index is 15.6. The normalized spacial score (nSPS) is 25.5. The van der Waals surface area contributed by atoms with Gasteiger partial charge in [-0.15, -0.1) is 0 Å². The van der Waals surface area contributed by atoms with Gasteiger partial charge in [-0.2, -0.15) is 10.1 Å². The van der Waals surface area contributed by atoms with E-state index in [1.54, 1.807) is 32.0 Å². The van der Waals surface area contributed by atoms with E-state index in [0.717, 1.165) is 10.9 Å². The number of hydrogen-bond acceptors (Lipinski definition) is 11. The number of carbonyl (C=O) groups is 1. The molecule has 17 heteroatoms. The molecule has 5 N–H and O–H groups in total. The summed E-state index contributed by atoms with van der Waals surface area (Å²) in [5, 5.41) is 10.2. The van der Waals surface area contributed by atoms with Gasteiger partial charge >= 0.3 is 13.7 Å². The van der Waals surface area contributed by atoms with E-state index in [4.69, 9.17) is 35.9 Å². The fourth-order valence-electron chi connectivity index (χ4n) is 3.73. The number of anilines is 1. The summed E-state index contributed by atoms with van der Waals surface area (Å²) in [6, 6.07) is 6.82. The number of aromatic amines is 1. The van der Waals surface area contributed by atoms with Crippen LogP contribution < -0.4 is 20.9 Å². The number of aromatic nitrogens is 4. The van der Waals surface area contributed by atoms with Crippen molar-refractivity contribution >= 4 is 42.4 Å². The first kappa shape index (κ1) is 28.9. The van der Waals surface area contributed by atoms with Crippen molar-refractivity contribution in [1.82, 2.24) is 24.6 Å². The molecule has 1 aromatic carbocycles. The molecular formula is C22H27ClFN6O8P. The molecule has 6 atom stereocenters. The molecule has 0 spiro atoms. The molecule has 1 saturated heterocycles. The highest BCUT2D eigenvalue weighted by molar-refractivity contribution is 7.52. The van der Waals surface area contributed by atoms with Gasteiger partial charge in [-0.1, -0.05) is 29.8 Å². The summed E-state index contributed by atoms with van der Waals surface area (Å²) in [7, 11) is -4.35. The van der Waals surface area contributed by atoms with Crippen LogP contribution in [0.1, 0.15) is 27.0 Å². The molecule has 14 nitrogen and oxygen atoms in total. The summed E-state index contributed by atoms with van der Waals surface area (Å²) in [5.41, 5.74) is 4.60. The van der Waals surface area contributed by atoms with E-state index in [2.05, 4.69) is 20.0 Å². The van der Waals surface area contributed by atoms with E-state index in [1.165, 1.54) is 19.1 Å². The summed E-state index contributed by atoms with van der Waals surface area (Å²) >= 11 is 6.04. The number of esters is 1. The molecule has 212 valence electrons. The van der Waals surface area contributed by atoms with Crippen LogP contribution in [0.4, 0.5) is 10.3 Å². The molecule has 3 aromatic rings. The topological polar surface area (TPSA) is 193 Å². The number of hydrogen-bond donors (Lipinski definition) is 4. The zero-order valence-corrected chi connectivity index (χ0v) is 22.6. The maximum absolute atomic E-state index is 15.6. The number of aliphatic hydroxyl groups excluding tert-OH is 1. The summed E-state index contributed by atoms with van der Waals surface area (Å²) in [5.74, 6) is -0.846. The van der Waals surface area contributed by atoms with E-state index in [0.29, 0.717) is 0 Å². The number of nitrogens with one attached hydrogen (secondary N) is 2. The number of nitrogens with zero attached hydrogens (tertiary/aromatic N) is 3. The Hall–Kier alpha value is -3.07. The Labute approximate surface area is 226 Å². The van der Waals surface area contributed by atoms with Crippen LogP contribution >= 0.6 is 19.3 Å². The van der Waals surface area contributed by atoms with Crippen molar-refractivity contribution in [2.45, 2.75) is 56.5 Å². The SMILES string of the molecule is CC(C)OC(=O)[C@@H](C)NP(=O)(OC[C@H]1O[C@@H](n2cnc3c(=O)[nH]c(N)nc32)[C@](F)(Cl)[C@@H]1O)Oc1ccccc1. The monoisotopic (exact) mass is 588 g/mol. The number of carbonyl (C=O) groups excluding carboxylic acids is 1. The van der Waals surface area contributed by atoms with Crippen LogP contribution in [0.15, 0.2) is 41.5 Å².